The topological polar surface area (TPSA) is 123 Å². The highest BCUT2D eigenvalue weighted by Gasteiger charge is 2.35. The molecule has 0 aromatic carbocycles. The Morgan fingerprint density at radius 2 is 2.10 bits per heavy atom. The number of carbonyl (C=O) groups is 2. The molecule has 1 aromatic rings. The fourth-order valence-electron chi connectivity index (χ4n) is 1.86. The van der Waals surface area contributed by atoms with E-state index in [4.69, 9.17) is 5.73 Å². The third-order valence-corrected chi connectivity index (χ3v) is 3.53. The first-order chi connectivity index (χ1) is 9.47. The van der Waals surface area contributed by atoms with Crippen LogP contribution in [0.15, 0.2) is 6.20 Å². The Bertz CT molecular complexity index is 467. The zero-order chi connectivity index (χ0) is 15.2. The number of amides is 1. The van der Waals surface area contributed by atoms with E-state index in [0.717, 1.165) is 0 Å². The van der Waals surface area contributed by atoms with E-state index in [0.29, 0.717) is 18.5 Å². The standard InChI is InChI=1S/C12H21N5O3/c1-3-12(4-2,11(19)20)8-14-10(18)7-17-6-9(5-13)15-16-17/h6H,3-5,7-8,13H2,1-2H3,(H,14,18)(H,19,20). The zero-order valence-electron chi connectivity index (χ0n) is 11.8. The second-order valence-electron chi connectivity index (χ2n) is 4.68. The van der Waals surface area contributed by atoms with Crippen LogP contribution in [0.3, 0.4) is 0 Å². The van der Waals surface area contributed by atoms with Crippen molar-refractivity contribution >= 4 is 11.9 Å². The number of hydrogen-bond acceptors (Lipinski definition) is 5. The zero-order valence-corrected chi connectivity index (χ0v) is 11.8. The van der Waals surface area contributed by atoms with Gasteiger partial charge in [-0.3, -0.25) is 9.59 Å². The quantitative estimate of drug-likeness (QED) is 0.604. The number of hydrogen-bond donors (Lipinski definition) is 3. The van der Waals surface area contributed by atoms with E-state index in [1.165, 1.54) is 4.68 Å². The summed E-state index contributed by atoms with van der Waals surface area (Å²) < 4.78 is 1.37. The molecule has 0 saturated heterocycles. The molecule has 0 saturated carbocycles. The van der Waals surface area contributed by atoms with E-state index in [1.807, 2.05) is 0 Å². The summed E-state index contributed by atoms with van der Waals surface area (Å²) in [7, 11) is 0. The molecule has 1 amide bonds. The second-order valence-corrected chi connectivity index (χ2v) is 4.68. The number of carboxylic acids is 1. The Morgan fingerprint density at radius 3 is 2.55 bits per heavy atom. The number of rotatable bonds is 8. The van der Waals surface area contributed by atoms with Crippen LogP contribution in [0.2, 0.25) is 0 Å². The van der Waals surface area contributed by atoms with Crippen LogP contribution in [0.25, 0.3) is 0 Å². The smallest absolute Gasteiger partial charge is 0.311 e. The number of nitrogens with one attached hydrogen (secondary N) is 1. The van der Waals surface area contributed by atoms with Gasteiger partial charge in [-0.2, -0.15) is 0 Å². The van der Waals surface area contributed by atoms with Crippen molar-refractivity contribution in [2.24, 2.45) is 11.1 Å². The van der Waals surface area contributed by atoms with Crippen molar-refractivity contribution in [3.63, 3.8) is 0 Å². The SMILES string of the molecule is CCC(CC)(CNC(=O)Cn1cc(CN)nn1)C(=O)O. The first-order valence-electron chi connectivity index (χ1n) is 6.56. The first kappa shape index (κ1) is 16.1. The van der Waals surface area contributed by atoms with Gasteiger partial charge in [0, 0.05) is 13.1 Å². The molecule has 112 valence electrons. The summed E-state index contributed by atoms with van der Waals surface area (Å²) in [5.74, 6) is -1.19. The van der Waals surface area contributed by atoms with Crippen molar-refractivity contribution in [3.8, 4) is 0 Å². The van der Waals surface area contributed by atoms with Gasteiger partial charge in [0.25, 0.3) is 0 Å². The van der Waals surface area contributed by atoms with E-state index >= 15 is 0 Å². The molecule has 0 bridgehead atoms. The minimum atomic E-state index is -0.916. The molecule has 4 N–H and O–H groups in total. The van der Waals surface area contributed by atoms with Gasteiger partial charge in [-0.05, 0) is 12.8 Å². The molecule has 0 aliphatic heterocycles. The molecule has 8 nitrogen and oxygen atoms in total. The number of aromatic nitrogens is 3. The van der Waals surface area contributed by atoms with E-state index in [2.05, 4.69) is 15.6 Å². The van der Waals surface area contributed by atoms with E-state index in [1.54, 1.807) is 20.0 Å². The van der Waals surface area contributed by atoms with Crippen molar-refractivity contribution in [1.29, 1.82) is 0 Å². The van der Waals surface area contributed by atoms with E-state index in [-0.39, 0.29) is 25.5 Å². The Balaban J connectivity index is 2.56. The van der Waals surface area contributed by atoms with Crippen LogP contribution in [0, 0.1) is 5.41 Å². The number of nitrogens with two attached hydrogens (primary N) is 1. The van der Waals surface area contributed by atoms with Crippen LogP contribution >= 0.6 is 0 Å². The van der Waals surface area contributed by atoms with Crippen molar-refractivity contribution in [3.05, 3.63) is 11.9 Å². The molecule has 20 heavy (non-hydrogen) atoms. The Labute approximate surface area is 117 Å². The summed E-state index contributed by atoms with van der Waals surface area (Å²) in [5.41, 5.74) is 5.08. The molecular formula is C12H21N5O3. The average Bonchev–Trinajstić information content (AvgIpc) is 2.87. The van der Waals surface area contributed by atoms with Gasteiger partial charge in [0.2, 0.25) is 5.91 Å². The fraction of sp³-hybridized carbons (Fsp3) is 0.667. The third kappa shape index (κ3) is 3.77. The minimum absolute atomic E-state index is 0.00384. The molecule has 0 atom stereocenters. The van der Waals surface area contributed by atoms with Gasteiger partial charge < -0.3 is 16.2 Å². The predicted octanol–water partition coefficient (Wildman–Crippen LogP) is -0.256. The second kappa shape index (κ2) is 6.99. The van der Waals surface area contributed by atoms with Crippen LogP contribution < -0.4 is 11.1 Å². The molecule has 1 rings (SSSR count). The van der Waals surface area contributed by atoms with Crippen LogP contribution in [0.1, 0.15) is 32.4 Å². The summed E-state index contributed by atoms with van der Waals surface area (Å²) in [6.45, 7) is 3.96. The van der Waals surface area contributed by atoms with Crippen LogP contribution in [0.4, 0.5) is 0 Å². The molecular weight excluding hydrogens is 262 g/mol. The number of nitrogens with zero attached hydrogens (tertiary/aromatic N) is 3. The van der Waals surface area contributed by atoms with Gasteiger partial charge in [0.05, 0.1) is 17.3 Å². The molecule has 8 heteroatoms. The lowest BCUT2D eigenvalue weighted by molar-refractivity contribution is -0.149. The lowest BCUT2D eigenvalue weighted by atomic mass is 9.82. The van der Waals surface area contributed by atoms with Crippen LogP contribution in [-0.2, 0) is 22.7 Å². The Morgan fingerprint density at radius 1 is 1.45 bits per heavy atom. The number of aliphatic carboxylic acids is 1. The summed E-state index contributed by atoms with van der Waals surface area (Å²) in [4.78, 5) is 23.1. The minimum Gasteiger partial charge on any atom is -0.481 e. The third-order valence-electron chi connectivity index (χ3n) is 3.53. The fourth-order valence-corrected chi connectivity index (χ4v) is 1.86. The van der Waals surface area contributed by atoms with E-state index < -0.39 is 11.4 Å². The molecule has 0 aliphatic rings. The monoisotopic (exact) mass is 283 g/mol. The van der Waals surface area contributed by atoms with Crippen LogP contribution in [0.5, 0.6) is 0 Å². The van der Waals surface area contributed by atoms with Crippen molar-refractivity contribution in [2.45, 2.75) is 39.8 Å². The molecule has 1 aromatic heterocycles. The first-order valence-corrected chi connectivity index (χ1v) is 6.56. The highest BCUT2D eigenvalue weighted by Crippen LogP contribution is 2.25. The van der Waals surface area contributed by atoms with E-state index in [9.17, 15) is 14.7 Å². The molecule has 0 unspecified atom stereocenters. The summed E-state index contributed by atoms with van der Waals surface area (Å²) in [6.07, 6.45) is 2.50. The lowest BCUT2D eigenvalue weighted by Crippen LogP contribution is -2.43. The van der Waals surface area contributed by atoms with Crippen LogP contribution in [-0.4, -0.2) is 38.5 Å². The van der Waals surface area contributed by atoms with Gasteiger partial charge in [0.15, 0.2) is 0 Å². The average molecular weight is 283 g/mol. The van der Waals surface area contributed by atoms with Crippen molar-refractivity contribution < 1.29 is 14.7 Å². The number of carboxylic acid groups (broad SMARTS) is 1. The predicted molar refractivity (Wildman–Crippen MR) is 71.6 cm³/mol. The highest BCUT2D eigenvalue weighted by molar-refractivity contribution is 5.78. The van der Waals surface area contributed by atoms with Crippen molar-refractivity contribution in [2.75, 3.05) is 6.54 Å². The Hall–Kier alpha value is -1.96. The molecule has 0 fully saturated rings. The van der Waals surface area contributed by atoms with Gasteiger partial charge in [0.1, 0.15) is 6.54 Å². The lowest BCUT2D eigenvalue weighted by Gasteiger charge is -2.26. The van der Waals surface area contributed by atoms with Gasteiger partial charge in [-0.15, -0.1) is 5.10 Å². The van der Waals surface area contributed by atoms with Gasteiger partial charge in [-0.25, -0.2) is 4.68 Å². The molecule has 0 aliphatic carbocycles. The largest absolute Gasteiger partial charge is 0.481 e. The summed E-state index contributed by atoms with van der Waals surface area (Å²) in [5, 5.41) is 19.4. The van der Waals surface area contributed by atoms with Gasteiger partial charge >= 0.3 is 5.97 Å². The van der Waals surface area contributed by atoms with Gasteiger partial charge in [-0.1, -0.05) is 19.1 Å². The Kier molecular flexibility index (Phi) is 5.63. The maximum atomic E-state index is 11.8. The summed E-state index contributed by atoms with van der Waals surface area (Å²) in [6, 6.07) is 0. The highest BCUT2D eigenvalue weighted by atomic mass is 16.4. The molecule has 0 spiro atoms. The number of carbonyl (C=O) groups excluding carboxylic acids is 1. The maximum Gasteiger partial charge on any atom is 0.311 e. The molecule has 1 heterocycles. The molecule has 0 radical (unpaired) electrons. The summed E-state index contributed by atoms with van der Waals surface area (Å²) >= 11 is 0. The normalized spacial score (nSPS) is 11.3. The maximum absolute atomic E-state index is 11.8. The van der Waals surface area contributed by atoms with Crippen molar-refractivity contribution in [1.82, 2.24) is 20.3 Å².